The number of aromatic amines is 1. The predicted octanol–water partition coefficient (Wildman–Crippen LogP) is 3.23. The third kappa shape index (κ3) is 7.04. The van der Waals surface area contributed by atoms with Gasteiger partial charge in [0.05, 0.1) is 5.75 Å². The molecule has 7 nitrogen and oxygen atoms in total. The van der Waals surface area contributed by atoms with E-state index < -0.39 is 10.0 Å². The molecule has 1 saturated heterocycles. The first-order valence-electron chi connectivity index (χ1n) is 10.7. The van der Waals surface area contributed by atoms with Gasteiger partial charge in [-0.15, -0.1) is 24.0 Å². The molecule has 1 aliphatic rings. The van der Waals surface area contributed by atoms with Crippen LogP contribution in [0, 0.1) is 5.82 Å². The van der Waals surface area contributed by atoms with Crippen LogP contribution in [-0.4, -0.2) is 61.6 Å². The van der Waals surface area contributed by atoms with Crippen molar-refractivity contribution in [3.63, 3.8) is 0 Å². The maximum atomic E-state index is 13.5. The summed E-state index contributed by atoms with van der Waals surface area (Å²) < 4.78 is 39.6. The van der Waals surface area contributed by atoms with E-state index in [9.17, 15) is 12.8 Å². The first-order chi connectivity index (χ1) is 14.4. The highest BCUT2D eigenvalue weighted by Gasteiger charge is 2.27. The van der Waals surface area contributed by atoms with Gasteiger partial charge < -0.3 is 15.6 Å². The van der Waals surface area contributed by atoms with Gasteiger partial charge in [-0.1, -0.05) is 6.92 Å². The molecule has 1 fully saturated rings. The minimum Gasteiger partial charge on any atom is -0.361 e. The minimum absolute atomic E-state index is 0. The molecule has 10 heteroatoms. The van der Waals surface area contributed by atoms with Gasteiger partial charge in [0.2, 0.25) is 10.0 Å². The summed E-state index contributed by atoms with van der Waals surface area (Å²) in [6, 6.07) is 4.94. The van der Waals surface area contributed by atoms with E-state index in [1.807, 2.05) is 20.0 Å². The number of H-pyrrole nitrogens is 1. The van der Waals surface area contributed by atoms with Crippen LogP contribution in [0.1, 0.15) is 38.7 Å². The summed E-state index contributed by atoms with van der Waals surface area (Å²) in [7, 11) is -3.13. The molecular weight excluding hydrogens is 532 g/mol. The standard InChI is InChI=1S/C21H32FN5O2S.HI/c1-3-13-30(28,29)27-11-8-18(9-12-27)26-21(23-4-2)24-10-7-16-15-25-20-6-5-17(22)14-19(16)20;/h5-6,14-15,18,25H,3-4,7-13H2,1-2H3,(H2,23,24,26);1H. The number of guanidine groups is 1. The van der Waals surface area contributed by atoms with E-state index in [2.05, 4.69) is 20.6 Å². The second-order valence-electron chi connectivity index (χ2n) is 7.65. The average Bonchev–Trinajstić information content (AvgIpc) is 3.10. The summed E-state index contributed by atoms with van der Waals surface area (Å²) in [4.78, 5) is 7.83. The Morgan fingerprint density at radius 1 is 1.29 bits per heavy atom. The van der Waals surface area contributed by atoms with Crippen molar-refractivity contribution in [2.24, 2.45) is 4.99 Å². The Morgan fingerprint density at radius 2 is 2.03 bits per heavy atom. The Morgan fingerprint density at radius 3 is 2.71 bits per heavy atom. The van der Waals surface area contributed by atoms with E-state index in [1.54, 1.807) is 16.4 Å². The Hall–Kier alpha value is -1.40. The molecule has 0 saturated carbocycles. The third-order valence-electron chi connectivity index (χ3n) is 5.37. The van der Waals surface area contributed by atoms with E-state index in [0.29, 0.717) is 32.5 Å². The first kappa shape index (κ1) is 25.9. The third-order valence-corrected chi connectivity index (χ3v) is 7.45. The smallest absolute Gasteiger partial charge is 0.214 e. The highest BCUT2D eigenvalue weighted by Crippen LogP contribution is 2.20. The number of aliphatic imine (C=N–C) groups is 1. The monoisotopic (exact) mass is 565 g/mol. The van der Waals surface area contributed by atoms with E-state index >= 15 is 0 Å². The Bertz CT molecular complexity index is 971. The van der Waals surface area contributed by atoms with Crippen LogP contribution in [0.2, 0.25) is 0 Å². The van der Waals surface area contributed by atoms with Crippen LogP contribution < -0.4 is 10.6 Å². The molecule has 1 aromatic heterocycles. The van der Waals surface area contributed by atoms with Crippen molar-refractivity contribution in [3.05, 3.63) is 35.8 Å². The zero-order valence-electron chi connectivity index (χ0n) is 18.2. The van der Waals surface area contributed by atoms with Crippen LogP contribution in [0.15, 0.2) is 29.4 Å². The normalized spacial score (nSPS) is 16.3. The topological polar surface area (TPSA) is 89.6 Å². The van der Waals surface area contributed by atoms with E-state index in [1.165, 1.54) is 6.07 Å². The molecule has 0 unspecified atom stereocenters. The second-order valence-corrected chi connectivity index (χ2v) is 9.74. The van der Waals surface area contributed by atoms with Gasteiger partial charge in [0, 0.05) is 49.3 Å². The van der Waals surface area contributed by atoms with Crippen molar-refractivity contribution in [2.75, 3.05) is 31.9 Å². The Labute approximate surface area is 201 Å². The lowest BCUT2D eigenvalue weighted by Crippen LogP contribution is -2.50. The fourth-order valence-corrected chi connectivity index (χ4v) is 5.37. The van der Waals surface area contributed by atoms with E-state index in [0.717, 1.165) is 41.8 Å². The molecule has 0 amide bonds. The molecule has 0 atom stereocenters. The number of rotatable bonds is 8. The molecule has 0 spiro atoms. The highest BCUT2D eigenvalue weighted by molar-refractivity contribution is 14.0. The quantitative estimate of drug-likeness (QED) is 0.261. The number of benzene rings is 1. The van der Waals surface area contributed by atoms with E-state index in [-0.39, 0.29) is 41.6 Å². The fraction of sp³-hybridized carbons (Fsp3) is 0.571. The summed E-state index contributed by atoms with van der Waals surface area (Å²) >= 11 is 0. The van der Waals surface area contributed by atoms with Gasteiger partial charge in [-0.25, -0.2) is 17.1 Å². The average molecular weight is 565 g/mol. The van der Waals surface area contributed by atoms with Crippen LogP contribution >= 0.6 is 24.0 Å². The van der Waals surface area contributed by atoms with Gasteiger partial charge in [-0.2, -0.15) is 0 Å². The molecule has 174 valence electrons. The van der Waals surface area contributed by atoms with Gasteiger partial charge in [0.15, 0.2) is 5.96 Å². The summed E-state index contributed by atoms with van der Waals surface area (Å²) in [5.41, 5.74) is 1.96. The molecule has 0 bridgehead atoms. The van der Waals surface area contributed by atoms with Crippen LogP contribution in [0.5, 0.6) is 0 Å². The predicted molar refractivity (Wildman–Crippen MR) is 135 cm³/mol. The number of aromatic nitrogens is 1. The van der Waals surface area contributed by atoms with Crippen molar-refractivity contribution >= 4 is 50.9 Å². The maximum Gasteiger partial charge on any atom is 0.214 e. The number of piperidine rings is 1. The van der Waals surface area contributed by atoms with Crippen molar-refractivity contribution in [2.45, 2.75) is 45.6 Å². The van der Waals surface area contributed by atoms with Crippen LogP contribution in [-0.2, 0) is 16.4 Å². The number of hydrogen-bond donors (Lipinski definition) is 3. The van der Waals surface area contributed by atoms with Gasteiger partial charge in [-0.05, 0) is 56.4 Å². The summed E-state index contributed by atoms with van der Waals surface area (Å²) in [6.45, 7) is 6.30. The van der Waals surface area contributed by atoms with Crippen LogP contribution in [0.3, 0.4) is 0 Å². The number of halogens is 2. The molecule has 1 aromatic carbocycles. The SMILES string of the molecule is CCCS(=O)(=O)N1CCC(NC(=NCCc2c[nH]c3ccc(F)cc23)NCC)CC1.I. The van der Waals surface area contributed by atoms with Crippen molar-refractivity contribution in [3.8, 4) is 0 Å². The number of nitrogens with one attached hydrogen (secondary N) is 3. The first-order valence-corrected chi connectivity index (χ1v) is 12.3. The highest BCUT2D eigenvalue weighted by atomic mass is 127. The number of sulfonamides is 1. The van der Waals surface area contributed by atoms with Gasteiger partial charge in [-0.3, -0.25) is 4.99 Å². The molecule has 0 aliphatic carbocycles. The maximum absolute atomic E-state index is 13.5. The summed E-state index contributed by atoms with van der Waals surface area (Å²) in [5.74, 6) is 0.708. The number of nitrogens with zero attached hydrogens (tertiary/aromatic N) is 2. The molecular formula is C21H33FIN5O2S. The van der Waals surface area contributed by atoms with E-state index in [4.69, 9.17) is 0 Å². The molecule has 2 aromatic rings. The molecule has 3 rings (SSSR count). The molecule has 2 heterocycles. The van der Waals surface area contributed by atoms with Crippen molar-refractivity contribution in [1.29, 1.82) is 0 Å². The lowest BCUT2D eigenvalue weighted by atomic mass is 10.1. The minimum atomic E-state index is -3.13. The lowest BCUT2D eigenvalue weighted by Gasteiger charge is -2.32. The molecule has 31 heavy (non-hydrogen) atoms. The van der Waals surface area contributed by atoms with Crippen molar-refractivity contribution < 1.29 is 12.8 Å². The molecule has 1 aliphatic heterocycles. The summed E-state index contributed by atoms with van der Waals surface area (Å²) in [5, 5.41) is 7.59. The van der Waals surface area contributed by atoms with Crippen LogP contribution in [0.25, 0.3) is 10.9 Å². The van der Waals surface area contributed by atoms with Gasteiger partial charge in [0.25, 0.3) is 0 Å². The van der Waals surface area contributed by atoms with Crippen molar-refractivity contribution in [1.82, 2.24) is 19.9 Å². The van der Waals surface area contributed by atoms with Crippen LogP contribution in [0.4, 0.5) is 4.39 Å². The lowest BCUT2D eigenvalue weighted by molar-refractivity contribution is 0.306. The summed E-state index contributed by atoms with van der Waals surface area (Å²) in [6.07, 6.45) is 4.77. The second kappa shape index (κ2) is 12.0. The number of hydrogen-bond acceptors (Lipinski definition) is 3. The largest absolute Gasteiger partial charge is 0.361 e. The molecule has 3 N–H and O–H groups in total. The zero-order chi connectivity index (χ0) is 21.6. The number of fused-ring (bicyclic) bond motifs is 1. The Balaban J connectivity index is 0.00000341. The fourth-order valence-electron chi connectivity index (χ4n) is 3.82. The van der Waals surface area contributed by atoms with Gasteiger partial charge in [0.1, 0.15) is 5.82 Å². The van der Waals surface area contributed by atoms with Gasteiger partial charge >= 0.3 is 0 Å². The molecule has 0 radical (unpaired) electrons. The Kier molecular flexibility index (Phi) is 10.0. The zero-order valence-corrected chi connectivity index (χ0v) is 21.3.